The second kappa shape index (κ2) is 5.54. The van der Waals surface area contributed by atoms with Gasteiger partial charge in [-0.2, -0.15) is 0 Å². The lowest BCUT2D eigenvalue weighted by atomic mass is 10.2. The first-order valence-corrected chi connectivity index (χ1v) is 3.97. The van der Waals surface area contributed by atoms with E-state index >= 15 is 0 Å². The molecule has 0 aromatic carbocycles. The van der Waals surface area contributed by atoms with Gasteiger partial charge in [0.05, 0.1) is 6.61 Å². The molecule has 4 N–H and O–H groups in total. The second-order valence-electron chi connectivity index (χ2n) is 1.85. The van der Waals surface area contributed by atoms with Crippen LogP contribution in [0.25, 0.3) is 0 Å². The van der Waals surface area contributed by atoms with Crippen molar-refractivity contribution in [3.8, 4) is 0 Å². The zero-order valence-corrected chi connectivity index (χ0v) is 6.52. The monoisotopic (exact) mass is 185 g/mol. The minimum atomic E-state index is -2.77. The minimum Gasteiger partial charge on any atom is -0.394 e. The first kappa shape index (κ1) is 10.9. The van der Waals surface area contributed by atoms with Crippen molar-refractivity contribution >= 4 is 8.25 Å². The lowest BCUT2D eigenvalue weighted by Crippen LogP contribution is -2.32. The maximum atomic E-state index is 9.89. The molecule has 0 spiro atoms. The van der Waals surface area contributed by atoms with Gasteiger partial charge >= 0.3 is 8.25 Å². The normalized spacial score (nSPS) is 17.6. The van der Waals surface area contributed by atoms with Gasteiger partial charge in [-0.1, -0.05) is 0 Å². The zero-order valence-electron chi connectivity index (χ0n) is 5.62. The van der Waals surface area contributed by atoms with Crippen molar-refractivity contribution in [2.75, 3.05) is 13.2 Å². The van der Waals surface area contributed by atoms with E-state index in [4.69, 9.17) is 20.2 Å². The van der Waals surface area contributed by atoms with E-state index in [0.29, 0.717) is 0 Å². The minimum absolute atomic E-state index is 0.479. The van der Waals surface area contributed by atoms with Gasteiger partial charge in [0.1, 0.15) is 18.8 Å². The van der Waals surface area contributed by atoms with Gasteiger partial charge in [-0.3, -0.25) is 0 Å². The fourth-order valence-electron chi connectivity index (χ4n) is 0.373. The highest BCUT2D eigenvalue weighted by atomic mass is 31.1. The Morgan fingerprint density at radius 1 is 1.36 bits per heavy atom. The van der Waals surface area contributed by atoms with Gasteiger partial charge in [0.25, 0.3) is 0 Å². The third-order valence-corrected chi connectivity index (χ3v) is 1.36. The van der Waals surface area contributed by atoms with Crippen molar-refractivity contribution in [1.82, 2.24) is 0 Å². The molecule has 0 radical (unpaired) electrons. The molecule has 0 fully saturated rings. The Morgan fingerprint density at radius 2 is 1.91 bits per heavy atom. The molecule has 6 nitrogen and oxygen atoms in total. The molecular formula is C4H10O6P+. The predicted molar refractivity (Wildman–Crippen MR) is 34.9 cm³/mol. The lowest BCUT2D eigenvalue weighted by molar-refractivity contribution is -0.0342. The largest absolute Gasteiger partial charge is 0.694 e. The van der Waals surface area contributed by atoms with Crippen molar-refractivity contribution in [2.24, 2.45) is 0 Å². The van der Waals surface area contributed by atoms with Crippen LogP contribution in [0.1, 0.15) is 0 Å². The summed E-state index contributed by atoms with van der Waals surface area (Å²) in [5.41, 5.74) is 0. The number of aliphatic hydroxyl groups excluding tert-OH is 3. The highest BCUT2D eigenvalue weighted by Crippen LogP contribution is 2.14. The van der Waals surface area contributed by atoms with Crippen molar-refractivity contribution in [1.29, 1.82) is 0 Å². The second-order valence-corrected chi connectivity index (χ2v) is 2.58. The molecule has 1 unspecified atom stereocenters. The van der Waals surface area contributed by atoms with E-state index in [1.54, 1.807) is 0 Å². The van der Waals surface area contributed by atoms with Crippen LogP contribution in [0.3, 0.4) is 0 Å². The van der Waals surface area contributed by atoms with Crippen LogP contribution in [0, 0.1) is 0 Å². The van der Waals surface area contributed by atoms with Gasteiger partial charge < -0.3 is 15.3 Å². The summed E-state index contributed by atoms with van der Waals surface area (Å²) in [6, 6.07) is 0. The van der Waals surface area contributed by atoms with Crippen molar-refractivity contribution < 1.29 is 29.3 Å². The summed E-state index contributed by atoms with van der Waals surface area (Å²) in [6.07, 6.45) is -2.68. The molecule has 0 aliphatic rings. The van der Waals surface area contributed by atoms with Gasteiger partial charge in [-0.15, -0.1) is 9.42 Å². The molecule has 66 valence electrons. The van der Waals surface area contributed by atoms with Crippen LogP contribution in [-0.2, 0) is 9.09 Å². The van der Waals surface area contributed by atoms with Gasteiger partial charge in [0, 0.05) is 4.57 Å². The van der Waals surface area contributed by atoms with E-state index in [0.717, 1.165) is 0 Å². The van der Waals surface area contributed by atoms with E-state index in [-0.39, 0.29) is 0 Å². The number of aliphatic hydroxyl groups is 3. The van der Waals surface area contributed by atoms with Crippen molar-refractivity contribution in [3.05, 3.63) is 0 Å². The van der Waals surface area contributed by atoms with E-state index < -0.39 is 33.7 Å². The molecule has 0 rings (SSSR count). The third-order valence-electron chi connectivity index (χ3n) is 0.987. The van der Waals surface area contributed by atoms with Gasteiger partial charge in [0.2, 0.25) is 0 Å². The molecule has 0 saturated heterocycles. The molecule has 0 aliphatic carbocycles. The molecule has 0 aromatic rings. The Kier molecular flexibility index (Phi) is 5.49. The Labute approximate surface area is 64.0 Å². The van der Waals surface area contributed by atoms with E-state index in [1.165, 1.54) is 0 Å². The summed E-state index contributed by atoms with van der Waals surface area (Å²) < 4.78 is 14.0. The summed E-state index contributed by atoms with van der Waals surface area (Å²) in [6.45, 7) is -1.10. The van der Waals surface area contributed by atoms with Crippen LogP contribution in [-0.4, -0.2) is 45.6 Å². The van der Waals surface area contributed by atoms with Gasteiger partial charge in [-0.05, 0) is 0 Å². The van der Waals surface area contributed by atoms with E-state index in [1.807, 2.05) is 0 Å². The Balaban J connectivity index is 3.51. The Hall–Kier alpha value is -0.100. The summed E-state index contributed by atoms with van der Waals surface area (Å²) in [4.78, 5) is 8.09. The standard InChI is InChI=1S/C4H9O6P/c5-1-3(6)4(7)2-10-11(8)9/h3-7H,1-2H2/p+1/t3-,4+/m1/s1. The van der Waals surface area contributed by atoms with Gasteiger partial charge in [0.15, 0.2) is 0 Å². The molecule has 0 aromatic heterocycles. The molecule has 0 heterocycles. The zero-order chi connectivity index (χ0) is 8.85. The first-order chi connectivity index (χ1) is 5.07. The molecule has 3 atom stereocenters. The fraction of sp³-hybridized carbons (Fsp3) is 1.00. The predicted octanol–water partition coefficient (Wildman–Crippen LogP) is -1.63. The molecule has 7 heteroatoms. The van der Waals surface area contributed by atoms with Crippen LogP contribution in [0.15, 0.2) is 0 Å². The average Bonchev–Trinajstić information content (AvgIpc) is 1.98. The molecule has 0 saturated carbocycles. The highest BCUT2D eigenvalue weighted by molar-refractivity contribution is 7.32. The lowest BCUT2D eigenvalue weighted by Gasteiger charge is -2.10. The van der Waals surface area contributed by atoms with Crippen LogP contribution >= 0.6 is 8.25 Å². The molecule has 0 aliphatic heterocycles. The molecule has 0 amide bonds. The summed E-state index contributed by atoms with van der Waals surface area (Å²) >= 11 is 0. The average molecular weight is 185 g/mol. The summed E-state index contributed by atoms with van der Waals surface area (Å²) in [5.74, 6) is 0. The quantitative estimate of drug-likeness (QED) is 0.383. The van der Waals surface area contributed by atoms with Crippen molar-refractivity contribution in [3.63, 3.8) is 0 Å². The van der Waals surface area contributed by atoms with Crippen LogP contribution in [0.5, 0.6) is 0 Å². The highest BCUT2D eigenvalue weighted by Gasteiger charge is 2.21. The first-order valence-electron chi connectivity index (χ1n) is 2.84. The smallest absolute Gasteiger partial charge is 0.394 e. The van der Waals surface area contributed by atoms with Crippen LogP contribution < -0.4 is 0 Å². The maximum absolute atomic E-state index is 9.89. The molecule has 11 heavy (non-hydrogen) atoms. The summed E-state index contributed by atoms with van der Waals surface area (Å²) in [5, 5.41) is 25.7. The Bertz CT molecular complexity index is 128. The van der Waals surface area contributed by atoms with E-state index in [2.05, 4.69) is 4.52 Å². The maximum Gasteiger partial charge on any atom is 0.694 e. The van der Waals surface area contributed by atoms with Gasteiger partial charge in [-0.25, -0.2) is 0 Å². The van der Waals surface area contributed by atoms with Crippen LogP contribution in [0.2, 0.25) is 0 Å². The number of hydrogen-bond donors (Lipinski definition) is 4. The molecule has 0 bridgehead atoms. The summed E-state index contributed by atoms with van der Waals surface area (Å²) in [7, 11) is -2.77. The SMILES string of the molecule is O=[P+](O)OC[C@H](O)[C@H](O)CO. The van der Waals surface area contributed by atoms with Crippen LogP contribution in [0.4, 0.5) is 0 Å². The topological polar surface area (TPSA) is 107 Å². The van der Waals surface area contributed by atoms with Crippen molar-refractivity contribution in [2.45, 2.75) is 12.2 Å². The number of hydrogen-bond acceptors (Lipinski definition) is 5. The third kappa shape index (κ3) is 5.20. The Morgan fingerprint density at radius 3 is 2.27 bits per heavy atom. The molecular weight excluding hydrogens is 175 g/mol. The van der Waals surface area contributed by atoms with E-state index in [9.17, 15) is 4.57 Å². The number of rotatable bonds is 5. The fourth-order valence-corrected chi connectivity index (χ4v) is 0.653.